The number of primary amides is 1. The smallest absolute Gasteiger partial charge is 0.332 e. The molecule has 2 amide bonds. The number of rotatable bonds is 2. The molecule has 2 rings (SSSR count). The lowest BCUT2D eigenvalue weighted by atomic mass is 10.1. The molecule has 92 valence electrons. The average Bonchev–Trinajstić information content (AvgIpc) is 2.29. The Balaban J connectivity index is 2.40. The summed E-state index contributed by atoms with van der Waals surface area (Å²) in [7, 11) is 0. The van der Waals surface area contributed by atoms with Crippen molar-refractivity contribution in [2.45, 2.75) is 6.92 Å². The topological polar surface area (TPSA) is 80.4 Å². The Labute approximate surface area is 109 Å². The number of halogens is 1. The van der Waals surface area contributed by atoms with Crippen molar-refractivity contribution in [1.29, 1.82) is 0 Å². The quantitative estimate of drug-likeness (QED) is 0.494. The molecule has 0 bridgehead atoms. The van der Waals surface area contributed by atoms with E-state index in [0.29, 0.717) is 10.7 Å². The number of hydrogen-bond acceptors (Lipinski definition) is 3. The minimum Gasteiger partial charge on any atom is -0.350 e. The number of carbonyl (C=O) groups excluding carboxylic acids is 1. The van der Waals surface area contributed by atoms with Gasteiger partial charge in [-0.25, -0.2) is 15.2 Å². The molecule has 2 aromatic rings. The third-order valence-corrected chi connectivity index (χ3v) is 2.63. The lowest BCUT2D eigenvalue weighted by Gasteiger charge is -2.02. The highest BCUT2D eigenvalue weighted by Gasteiger charge is 2.03. The minimum absolute atomic E-state index is 0.322. The van der Waals surface area contributed by atoms with E-state index in [2.05, 4.69) is 15.5 Å². The summed E-state index contributed by atoms with van der Waals surface area (Å²) in [6, 6.07) is 7.00. The van der Waals surface area contributed by atoms with Crippen molar-refractivity contribution in [3.05, 3.63) is 40.5 Å². The van der Waals surface area contributed by atoms with Crippen LogP contribution in [0.1, 0.15) is 11.1 Å². The number of aryl methyl sites for hydroxylation is 1. The van der Waals surface area contributed by atoms with E-state index in [0.717, 1.165) is 16.5 Å². The van der Waals surface area contributed by atoms with E-state index in [-0.39, 0.29) is 0 Å². The molecule has 1 aromatic carbocycles. The Hall–Kier alpha value is -2.14. The molecule has 0 unspecified atom stereocenters. The van der Waals surface area contributed by atoms with Gasteiger partial charge in [0.1, 0.15) is 5.15 Å². The predicted molar refractivity (Wildman–Crippen MR) is 71.8 cm³/mol. The van der Waals surface area contributed by atoms with Crippen LogP contribution in [0, 0.1) is 6.92 Å². The van der Waals surface area contributed by atoms with Crippen LogP contribution < -0.4 is 11.2 Å². The first kappa shape index (κ1) is 12.3. The van der Waals surface area contributed by atoms with Crippen LogP contribution in [0.5, 0.6) is 0 Å². The number of benzene rings is 1. The minimum atomic E-state index is -0.730. The molecule has 18 heavy (non-hydrogen) atoms. The van der Waals surface area contributed by atoms with Crippen molar-refractivity contribution in [2.24, 2.45) is 10.8 Å². The van der Waals surface area contributed by atoms with Gasteiger partial charge in [-0.3, -0.25) is 0 Å². The second-order valence-corrected chi connectivity index (χ2v) is 4.16. The number of nitrogens with zero attached hydrogens (tertiary/aromatic N) is 2. The third-order valence-electron chi connectivity index (χ3n) is 2.33. The Bertz CT molecular complexity index is 639. The second kappa shape index (κ2) is 5.01. The number of pyridine rings is 1. The fourth-order valence-electron chi connectivity index (χ4n) is 1.53. The van der Waals surface area contributed by atoms with Gasteiger partial charge in [-0.2, -0.15) is 5.10 Å². The molecular formula is C12H11ClN4O. The molecule has 0 atom stereocenters. The number of nitrogens with two attached hydrogens (primary N) is 1. The normalized spacial score (nSPS) is 11.0. The zero-order chi connectivity index (χ0) is 13.1. The number of amides is 2. The summed E-state index contributed by atoms with van der Waals surface area (Å²) in [5.74, 6) is 0. The fourth-order valence-corrected chi connectivity index (χ4v) is 1.72. The second-order valence-electron chi connectivity index (χ2n) is 3.80. The standard InChI is InChI=1S/C12H11ClN4O/c1-7-2-3-8-5-9(6-15-17-12(14)18)11(13)16-10(8)4-7/h2-6H,1H3,(H3,14,17,18)/b15-6-. The number of carbonyl (C=O) groups is 1. The highest BCUT2D eigenvalue weighted by Crippen LogP contribution is 2.20. The molecule has 1 heterocycles. The van der Waals surface area contributed by atoms with Gasteiger partial charge in [0, 0.05) is 10.9 Å². The van der Waals surface area contributed by atoms with Crippen molar-refractivity contribution >= 4 is 34.7 Å². The summed E-state index contributed by atoms with van der Waals surface area (Å²) in [5.41, 5.74) is 9.54. The number of fused-ring (bicyclic) bond motifs is 1. The fraction of sp³-hybridized carbons (Fsp3) is 0.0833. The SMILES string of the molecule is Cc1ccc2cc(/C=N\NC(N)=O)c(Cl)nc2c1. The molecule has 0 aliphatic rings. The van der Waals surface area contributed by atoms with Crippen LogP contribution >= 0.6 is 11.6 Å². The van der Waals surface area contributed by atoms with Gasteiger partial charge in [0.2, 0.25) is 0 Å². The van der Waals surface area contributed by atoms with E-state index in [9.17, 15) is 4.79 Å². The first-order valence-electron chi connectivity index (χ1n) is 5.21. The van der Waals surface area contributed by atoms with Crippen molar-refractivity contribution in [1.82, 2.24) is 10.4 Å². The first-order valence-corrected chi connectivity index (χ1v) is 5.59. The van der Waals surface area contributed by atoms with Crippen molar-refractivity contribution in [3.63, 3.8) is 0 Å². The highest BCUT2D eigenvalue weighted by molar-refractivity contribution is 6.32. The van der Waals surface area contributed by atoms with Gasteiger partial charge in [-0.15, -0.1) is 0 Å². The Morgan fingerprint density at radius 3 is 3.00 bits per heavy atom. The molecule has 0 saturated heterocycles. The number of hydrogen-bond donors (Lipinski definition) is 2. The van der Waals surface area contributed by atoms with E-state index < -0.39 is 6.03 Å². The van der Waals surface area contributed by atoms with Crippen LogP contribution in [0.2, 0.25) is 5.15 Å². The maximum absolute atomic E-state index is 10.5. The molecule has 0 saturated carbocycles. The van der Waals surface area contributed by atoms with Crippen LogP contribution in [-0.4, -0.2) is 17.2 Å². The Kier molecular flexibility index (Phi) is 3.43. The van der Waals surface area contributed by atoms with Crippen molar-refractivity contribution < 1.29 is 4.79 Å². The van der Waals surface area contributed by atoms with Crippen molar-refractivity contribution in [2.75, 3.05) is 0 Å². The summed E-state index contributed by atoms with van der Waals surface area (Å²) in [5, 5.41) is 4.92. The molecule has 0 aliphatic heterocycles. The van der Waals surface area contributed by atoms with E-state index >= 15 is 0 Å². The van der Waals surface area contributed by atoms with Crippen molar-refractivity contribution in [3.8, 4) is 0 Å². The van der Waals surface area contributed by atoms with Crippen LogP contribution in [0.3, 0.4) is 0 Å². The van der Waals surface area contributed by atoms with E-state index in [1.165, 1.54) is 6.21 Å². The molecule has 0 fully saturated rings. The number of nitrogens with one attached hydrogen (secondary N) is 1. The van der Waals surface area contributed by atoms with E-state index in [1.807, 2.05) is 31.2 Å². The summed E-state index contributed by atoms with van der Waals surface area (Å²) in [6.45, 7) is 1.99. The number of hydrazone groups is 1. The number of urea groups is 1. The Morgan fingerprint density at radius 2 is 2.28 bits per heavy atom. The maximum atomic E-state index is 10.5. The van der Waals surface area contributed by atoms with E-state index in [4.69, 9.17) is 17.3 Å². The van der Waals surface area contributed by atoms with Gasteiger partial charge in [0.25, 0.3) is 0 Å². The van der Waals surface area contributed by atoms with E-state index in [1.54, 1.807) is 0 Å². The lowest BCUT2D eigenvalue weighted by molar-refractivity contribution is 0.249. The van der Waals surface area contributed by atoms with Gasteiger partial charge in [-0.1, -0.05) is 23.7 Å². The molecule has 5 nitrogen and oxygen atoms in total. The molecule has 1 aromatic heterocycles. The maximum Gasteiger partial charge on any atom is 0.332 e. The zero-order valence-electron chi connectivity index (χ0n) is 9.64. The van der Waals surface area contributed by atoms with Crippen LogP contribution in [0.15, 0.2) is 29.4 Å². The summed E-state index contributed by atoms with van der Waals surface area (Å²) in [6.07, 6.45) is 1.40. The summed E-state index contributed by atoms with van der Waals surface area (Å²) >= 11 is 6.02. The molecule has 0 aliphatic carbocycles. The number of aromatic nitrogens is 1. The molecular weight excluding hydrogens is 252 g/mol. The molecule has 0 spiro atoms. The van der Waals surface area contributed by atoms with Gasteiger partial charge in [0.05, 0.1) is 11.7 Å². The monoisotopic (exact) mass is 262 g/mol. The molecule has 3 N–H and O–H groups in total. The van der Waals surface area contributed by atoms with Crippen LogP contribution in [-0.2, 0) is 0 Å². The molecule has 6 heteroatoms. The van der Waals surface area contributed by atoms with Gasteiger partial charge in [0.15, 0.2) is 0 Å². The lowest BCUT2D eigenvalue weighted by Crippen LogP contribution is -2.24. The van der Waals surface area contributed by atoms with Crippen LogP contribution in [0.25, 0.3) is 10.9 Å². The Morgan fingerprint density at radius 1 is 1.50 bits per heavy atom. The molecule has 0 radical (unpaired) electrons. The average molecular weight is 263 g/mol. The summed E-state index contributed by atoms with van der Waals surface area (Å²) in [4.78, 5) is 14.7. The predicted octanol–water partition coefficient (Wildman–Crippen LogP) is 2.20. The zero-order valence-corrected chi connectivity index (χ0v) is 10.4. The first-order chi connectivity index (χ1) is 8.56. The van der Waals surface area contributed by atoms with Gasteiger partial charge >= 0.3 is 6.03 Å². The largest absolute Gasteiger partial charge is 0.350 e. The summed E-state index contributed by atoms with van der Waals surface area (Å²) < 4.78 is 0. The third kappa shape index (κ3) is 2.75. The highest BCUT2D eigenvalue weighted by atomic mass is 35.5. The van der Waals surface area contributed by atoms with Gasteiger partial charge in [-0.05, 0) is 24.6 Å². The van der Waals surface area contributed by atoms with Gasteiger partial charge < -0.3 is 5.73 Å². The van der Waals surface area contributed by atoms with Crippen LogP contribution in [0.4, 0.5) is 4.79 Å².